The van der Waals surface area contributed by atoms with Crippen LogP contribution in [-0.2, 0) is 14.1 Å². The van der Waals surface area contributed by atoms with Gasteiger partial charge < -0.3 is 5.32 Å². The molecule has 140 valence electrons. The fourth-order valence-electron chi connectivity index (χ4n) is 2.94. The van der Waals surface area contributed by atoms with E-state index in [0.29, 0.717) is 21.8 Å². The molecule has 0 aliphatic carbocycles. The molecule has 0 unspecified atom stereocenters. The van der Waals surface area contributed by atoms with Crippen molar-refractivity contribution in [1.29, 1.82) is 0 Å². The van der Waals surface area contributed by atoms with Crippen LogP contribution in [0.2, 0.25) is 5.02 Å². The number of hydrogen-bond donors (Lipinski definition) is 1. The minimum atomic E-state index is -0.516. The van der Waals surface area contributed by atoms with Crippen molar-refractivity contribution in [3.8, 4) is 0 Å². The van der Waals surface area contributed by atoms with Crippen molar-refractivity contribution >= 4 is 34.2 Å². The van der Waals surface area contributed by atoms with E-state index < -0.39 is 17.2 Å². The maximum atomic E-state index is 12.8. The lowest BCUT2D eigenvalue weighted by atomic mass is 10.0. The van der Waals surface area contributed by atoms with E-state index in [1.54, 1.807) is 30.5 Å². The summed E-state index contributed by atoms with van der Waals surface area (Å²) in [5, 5.41) is 3.31. The molecule has 0 saturated heterocycles. The summed E-state index contributed by atoms with van der Waals surface area (Å²) < 4.78 is 2.28. The summed E-state index contributed by atoms with van der Waals surface area (Å²) in [5.41, 5.74) is 0.537. The fraction of sp³-hybridized carbons (Fsp3) is 0.263. The van der Waals surface area contributed by atoms with E-state index in [0.717, 1.165) is 4.57 Å². The molecule has 0 bridgehead atoms. The molecule has 0 radical (unpaired) electrons. The van der Waals surface area contributed by atoms with Gasteiger partial charge in [-0.2, -0.15) is 0 Å². The van der Waals surface area contributed by atoms with E-state index >= 15 is 0 Å². The summed E-state index contributed by atoms with van der Waals surface area (Å²) in [6.45, 7) is 3.86. The fourth-order valence-corrected chi connectivity index (χ4v) is 3.16. The molecule has 0 aliphatic rings. The van der Waals surface area contributed by atoms with Crippen LogP contribution >= 0.6 is 11.6 Å². The molecule has 7 nitrogen and oxygen atoms in total. The topological polar surface area (TPSA) is 86.0 Å². The van der Waals surface area contributed by atoms with Crippen molar-refractivity contribution < 1.29 is 4.79 Å². The Labute approximate surface area is 160 Å². The highest BCUT2D eigenvalue weighted by molar-refractivity contribution is 6.34. The zero-order chi connectivity index (χ0) is 19.9. The van der Waals surface area contributed by atoms with Gasteiger partial charge in [0.25, 0.3) is 11.5 Å². The molecule has 3 aromatic rings. The Bertz CT molecular complexity index is 1180. The minimum absolute atomic E-state index is 0.00890. The molecule has 0 aliphatic heterocycles. The van der Waals surface area contributed by atoms with Crippen LogP contribution in [0.5, 0.6) is 0 Å². The third kappa shape index (κ3) is 3.14. The second kappa shape index (κ2) is 7.00. The van der Waals surface area contributed by atoms with Crippen molar-refractivity contribution in [2.75, 3.05) is 5.32 Å². The lowest BCUT2D eigenvalue weighted by Gasteiger charge is -2.17. The summed E-state index contributed by atoms with van der Waals surface area (Å²) in [6, 6.07) is 6.65. The van der Waals surface area contributed by atoms with Crippen LogP contribution in [0.15, 0.2) is 40.1 Å². The quantitative estimate of drug-likeness (QED) is 0.749. The van der Waals surface area contributed by atoms with Gasteiger partial charge in [0.05, 0.1) is 16.3 Å². The van der Waals surface area contributed by atoms with Gasteiger partial charge in [-0.1, -0.05) is 37.6 Å². The number of rotatable bonds is 3. The van der Waals surface area contributed by atoms with Gasteiger partial charge in [0.15, 0.2) is 5.65 Å². The average Bonchev–Trinajstić information content (AvgIpc) is 2.64. The number of anilines is 1. The highest BCUT2D eigenvalue weighted by atomic mass is 35.5. The number of aromatic nitrogens is 3. The number of carbonyl (C=O) groups is 1. The van der Waals surface area contributed by atoms with Gasteiger partial charge in [0, 0.05) is 20.3 Å². The number of benzene rings is 1. The number of nitrogens with zero attached hydrogens (tertiary/aromatic N) is 3. The number of carbonyl (C=O) groups excluding carboxylic acids is 1. The minimum Gasteiger partial charge on any atom is -0.321 e. The highest BCUT2D eigenvalue weighted by Gasteiger charge is 2.21. The first-order chi connectivity index (χ1) is 12.7. The van der Waals surface area contributed by atoms with Crippen molar-refractivity contribution in [2.24, 2.45) is 14.1 Å². The van der Waals surface area contributed by atoms with Crippen molar-refractivity contribution in [1.82, 2.24) is 14.1 Å². The van der Waals surface area contributed by atoms with Crippen LogP contribution in [0.25, 0.3) is 11.0 Å². The summed E-state index contributed by atoms with van der Waals surface area (Å²) in [4.78, 5) is 42.1. The van der Waals surface area contributed by atoms with Gasteiger partial charge in [-0.3, -0.25) is 18.7 Å². The first-order valence-electron chi connectivity index (χ1n) is 8.38. The molecule has 1 aromatic carbocycles. The van der Waals surface area contributed by atoms with Gasteiger partial charge in [0.2, 0.25) is 0 Å². The molecule has 2 heterocycles. The van der Waals surface area contributed by atoms with Gasteiger partial charge in [-0.25, -0.2) is 9.78 Å². The van der Waals surface area contributed by atoms with Gasteiger partial charge in [-0.05, 0) is 23.6 Å². The summed E-state index contributed by atoms with van der Waals surface area (Å²) in [7, 11) is 2.93. The molecule has 3 rings (SSSR count). The van der Waals surface area contributed by atoms with Crippen LogP contribution < -0.4 is 16.6 Å². The number of halogens is 1. The third-order valence-electron chi connectivity index (χ3n) is 4.48. The molecule has 27 heavy (non-hydrogen) atoms. The molecular formula is C19H19ClN4O3. The Morgan fingerprint density at radius 1 is 1.15 bits per heavy atom. The molecule has 0 saturated carbocycles. The molecule has 2 aromatic heterocycles. The lowest BCUT2D eigenvalue weighted by molar-refractivity contribution is 0.102. The maximum Gasteiger partial charge on any atom is 0.332 e. The van der Waals surface area contributed by atoms with Crippen LogP contribution in [0.3, 0.4) is 0 Å². The monoisotopic (exact) mass is 386 g/mol. The molecule has 0 atom stereocenters. The predicted octanol–water partition coefficient (Wildman–Crippen LogP) is 2.66. The number of hydrogen-bond acceptors (Lipinski definition) is 4. The SMILES string of the molecule is CC(C)c1cnc2c(c1NC(=O)c1ccccc1Cl)c(=O)n(C)c(=O)n2C. The average molecular weight is 387 g/mol. The molecule has 8 heteroatoms. The number of amides is 1. The Morgan fingerprint density at radius 2 is 1.81 bits per heavy atom. The first kappa shape index (κ1) is 18.8. The summed E-state index contributed by atoms with van der Waals surface area (Å²) in [5.74, 6) is -0.448. The van der Waals surface area contributed by atoms with Crippen LogP contribution in [0, 0.1) is 0 Å². The van der Waals surface area contributed by atoms with Crippen molar-refractivity contribution in [3.63, 3.8) is 0 Å². The molecular weight excluding hydrogens is 368 g/mol. The Balaban J connectivity index is 2.31. The van der Waals surface area contributed by atoms with Crippen LogP contribution in [0.4, 0.5) is 5.69 Å². The van der Waals surface area contributed by atoms with E-state index in [1.165, 1.54) is 18.7 Å². The number of fused-ring (bicyclic) bond motifs is 1. The molecule has 1 amide bonds. The molecule has 0 fully saturated rings. The third-order valence-corrected chi connectivity index (χ3v) is 4.81. The zero-order valence-electron chi connectivity index (χ0n) is 15.4. The van der Waals surface area contributed by atoms with Gasteiger partial charge in [-0.15, -0.1) is 0 Å². The number of nitrogens with one attached hydrogen (secondary N) is 1. The second-order valence-corrected chi connectivity index (χ2v) is 6.99. The van der Waals surface area contributed by atoms with Crippen LogP contribution in [-0.4, -0.2) is 20.0 Å². The zero-order valence-corrected chi connectivity index (χ0v) is 16.2. The van der Waals surface area contributed by atoms with E-state index in [4.69, 9.17) is 11.6 Å². The summed E-state index contributed by atoms with van der Waals surface area (Å²) >= 11 is 6.12. The van der Waals surface area contributed by atoms with Crippen LogP contribution in [0.1, 0.15) is 35.7 Å². The Morgan fingerprint density at radius 3 is 2.44 bits per heavy atom. The van der Waals surface area contributed by atoms with E-state index in [-0.39, 0.29) is 17.0 Å². The van der Waals surface area contributed by atoms with Gasteiger partial charge in [0.1, 0.15) is 5.39 Å². The number of aryl methyl sites for hydroxylation is 1. The second-order valence-electron chi connectivity index (χ2n) is 6.58. The van der Waals surface area contributed by atoms with Gasteiger partial charge >= 0.3 is 5.69 Å². The van der Waals surface area contributed by atoms with E-state index in [1.807, 2.05) is 13.8 Å². The lowest BCUT2D eigenvalue weighted by Crippen LogP contribution is -2.38. The van der Waals surface area contributed by atoms with E-state index in [9.17, 15) is 14.4 Å². The smallest absolute Gasteiger partial charge is 0.321 e. The molecule has 1 N–H and O–H groups in total. The Hall–Kier alpha value is -2.93. The van der Waals surface area contributed by atoms with E-state index in [2.05, 4.69) is 10.3 Å². The van der Waals surface area contributed by atoms with Crippen molar-refractivity contribution in [3.05, 3.63) is 67.4 Å². The van der Waals surface area contributed by atoms with Crippen molar-refractivity contribution in [2.45, 2.75) is 19.8 Å². The maximum absolute atomic E-state index is 12.8. The standard InChI is InChI=1S/C19H19ClN4O3/c1-10(2)12-9-21-16-14(18(26)24(4)19(27)23(16)3)15(12)22-17(25)11-7-5-6-8-13(11)20/h5-10H,1-4H3,(H,21,22,25). The highest BCUT2D eigenvalue weighted by Crippen LogP contribution is 2.29. The normalized spacial score (nSPS) is 11.2. The number of pyridine rings is 1. The predicted molar refractivity (Wildman–Crippen MR) is 106 cm³/mol. The summed E-state index contributed by atoms with van der Waals surface area (Å²) in [6.07, 6.45) is 1.58. The molecule has 0 spiro atoms. The Kier molecular flexibility index (Phi) is 4.89. The largest absolute Gasteiger partial charge is 0.332 e. The first-order valence-corrected chi connectivity index (χ1v) is 8.76.